The van der Waals surface area contributed by atoms with Crippen molar-refractivity contribution in [2.45, 2.75) is 38.0 Å². The van der Waals surface area contributed by atoms with Crippen molar-refractivity contribution in [1.82, 2.24) is 4.72 Å². The van der Waals surface area contributed by atoms with E-state index >= 15 is 0 Å². The van der Waals surface area contributed by atoms with Crippen molar-refractivity contribution in [3.05, 3.63) is 24.3 Å². The van der Waals surface area contributed by atoms with Crippen LogP contribution in [-0.4, -0.2) is 21.5 Å². The van der Waals surface area contributed by atoms with Crippen molar-refractivity contribution in [3.63, 3.8) is 0 Å². The van der Waals surface area contributed by atoms with Crippen LogP contribution in [-0.2, 0) is 10.0 Å². The molecule has 0 radical (unpaired) electrons. The van der Waals surface area contributed by atoms with E-state index in [1.54, 1.807) is 24.3 Å². The molecule has 0 amide bonds. The van der Waals surface area contributed by atoms with Gasteiger partial charge < -0.3 is 5.32 Å². The highest BCUT2D eigenvalue weighted by atomic mass is 32.2. The van der Waals surface area contributed by atoms with E-state index in [-0.39, 0.29) is 0 Å². The molecule has 0 aromatic heterocycles. The molecule has 0 aliphatic carbocycles. The summed E-state index contributed by atoms with van der Waals surface area (Å²) in [7, 11) is -3.35. The lowest BCUT2D eigenvalue weighted by atomic mass is 10.3. The van der Waals surface area contributed by atoms with Gasteiger partial charge in [0.2, 0.25) is 10.0 Å². The Bertz CT molecular complexity index is 441. The Morgan fingerprint density at radius 1 is 1.00 bits per heavy atom. The van der Waals surface area contributed by atoms with E-state index < -0.39 is 10.0 Å². The minimum absolute atomic E-state index is 0.320. The normalized spacial score (nSPS) is 11.4. The van der Waals surface area contributed by atoms with Gasteiger partial charge >= 0.3 is 0 Å². The summed E-state index contributed by atoms with van der Waals surface area (Å²) in [5.74, 6) is 0. The highest BCUT2D eigenvalue weighted by molar-refractivity contribution is 7.89. The number of hydrogen-bond donors (Lipinski definition) is 2. The second-order valence-corrected chi connectivity index (χ2v) is 5.97. The largest absolute Gasteiger partial charge is 0.385 e. The standard InChI is InChI=1S/C13H22N2O2S/c1-3-5-11-15-18(16,17)13-8-6-12(7-9-13)14-10-4-2/h6-9,14-15H,3-5,10-11H2,1-2H3. The number of unbranched alkanes of at least 4 members (excludes halogenated alkanes) is 1. The van der Waals surface area contributed by atoms with Crippen LogP contribution >= 0.6 is 0 Å². The molecule has 1 rings (SSSR count). The zero-order chi connectivity index (χ0) is 13.4. The van der Waals surface area contributed by atoms with Crippen LogP contribution in [0.25, 0.3) is 0 Å². The molecule has 1 aromatic rings. The number of sulfonamides is 1. The molecule has 0 aliphatic heterocycles. The number of benzene rings is 1. The van der Waals surface area contributed by atoms with E-state index in [9.17, 15) is 8.42 Å². The zero-order valence-corrected chi connectivity index (χ0v) is 11.9. The summed E-state index contributed by atoms with van der Waals surface area (Å²) in [4.78, 5) is 0.320. The summed E-state index contributed by atoms with van der Waals surface area (Å²) < 4.78 is 26.4. The van der Waals surface area contributed by atoms with Gasteiger partial charge in [-0.05, 0) is 37.1 Å². The molecule has 0 fully saturated rings. The fourth-order valence-corrected chi connectivity index (χ4v) is 2.56. The summed E-state index contributed by atoms with van der Waals surface area (Å²) >= 11 is 0. The summed E-state index contributed by atoms with van der Waals surface area (Å²) in [6.45, 7) is 5.50. The summed E-state index contributed by atoms with van der Waals surface area (Å²) in [5, 5.41) is 3.21. The SMILES string of the molecule is CCCCNS(=O)(=O)c1ccc(NCCC)cc1. The van der Waals surface area contributed by atoms with Gasteiger partial charge in [-0.15, -0.1) is 0 Å². The highest BCUT2D eigenvalue weighted by Gasteiger charge is 2.12. The molecule has 0 atom stereocenters. The maximum Gasteiger partial charge on any atom is 0.240 e. The summed E-state index contributed by atoms with van der Waals surface area (Å²) in [5.41, 5.74) is 0.948. The van der Waals surface area contributed by atoms with Gasteiger partial charge in [-0.25, -0.2) is 13.1 Å². The van der Waals surface area contributed by atoms with E-state index in [1.807, 2.05) is 6.92 Å². The van der Waals surface area contributed by atoms with Crippen molar-refractivity contribution >= 4 is 15.7 Å². The van der Waals surface area contributed by atoms with Gasteiger partial charge in [0.15, 0.2) is 0 Å². The highest BCUT2D eigenvalue weighted by Crippen LogP contribution is 2.13. The zero-order valence-electron chi connectivity index (χ0n) is 11.1. The maximum atomic E-state index is 11.9. The molecule has 5 heteroatoms. The molecule has 0 heterocycles. The molecule has 0 unspecified atom stereocenters. The molecule has 2 N–H and O–H groups in total. The van der Waals surface area contributed by atoms with Gasteiger partial charge in [0.05, 0.1) is 4.90 Å². The van der Waals surface area contributed by atoms with Crippen LogP contribution < -0.4 is 10.0 Å². The average molecular weight is 270 g/mol. The quantitative estimate of drug-likeness (QED) is 0.714. The van der Waals surface area contributed by atoms with Crippen LogP contribution in [0.4, 0.5) is 5.69 Å². The Balaban J connectivity index is 2.65. The number of hydrogen-bond acceptors (Lipinski definition) is 3. The Morgan fingerprint density at radius 2 is 1.67 bits per heavy atom. The van der Waals surface area contributed by atoms with E-state index in [0.29, 0.717) is 11.4 Å². The molecular weight excluding hydrogens is 248 g/mol. The topological polar surface area (TPSA) is 58.2 Å². The van der Waals surface area contributed by atoms with Crippen molar-refractivity contribution in [1.29, 1.82) is 0 Å². The Kier molecular flexibility index (Phi) is 6.15. The number of rotatable bonds is 8. The molecule has 0 spiro atoms. The van der Waals surface area contributed by atoms with Crippen LogP contribution in [0, 0.1) is 0 Å². The van der Waals surface area contributed by atoms with Crippen molar-refractivity contribution < 1.29 is 8.42 Å². The first-order valence-electron chi connectivity index (χ1n) is 6.43. The first-order valence-corrected chi connectivity index (χ1v) is 7.92. The van der Waals surface area contributed by atoms with Crippen molar-refractivity contribution in [3.8, 4) is 0 Å². The third-order valence-corrected chi connectivity index (χ3v) is 4.04. The van der Waals surface area contributed by atoms with E-state index in [2.05, 4.69) is 17.0 Å². The lowest BCUT2D eigenvalue weighted by Crippen LogP contribution is -2.24. The minimum Gasteiger partial charge on any atom is -0.385 e. The predicted octanol–water partition coefficient (Wildman–Crippen LogP) is 2.59. The summed E-state index contributed by atoms with van der Waals surface area (Å²) in [6, 6.07) is 6.85. The van der Waals surface area contributed by atoms with Gasteiger partial charge in [-0.2, -0.15) is 0 Å². The molecular formula is C13H22N2O2S. The lowest BCUT2D eigenvalue weighted by Gasteiger charge is -2.08. The van der Waals surface area contributed by atoms with Crippen molar-refractivity contribution in [2.75, 3.05) is 18.4 Å². The lowest BCUT2D eigenvalue weighted by molar-refractivity contribution is 0.578. The maximum absolute atomic E-state index is 11.9. The first kappa shape index (κ1) is 15.0. The fourth-order valence-electron chi connectivity index (χ4n) is 1.49. The number of nitrogens with one attached hydrogen (secondary N) is 2. The molecule has 1 aromatic carbocycles. The average Bonchev–Trinajstić information content (AvgIpc) is 2.37. The Labute approximate surface area is 110 Å². The van der Waals surface area contributed by atoms with E-state index in [0.717, 1.165) is 31.5 Å². The fraction of sp³-hybridized carbons (Fsp3) is 0.538. The van der Waals surface area contributed by atoms with Crippen LogP contribution in [0.3, 0.4) is 0 Å². The van der Waals surface area contributed by atoms with Crippen LogP contribution in [0.5, 0.6) is 0 Å². The van der Waals surface area contributed by atoms with Crippen LogP contribution in [0.15, 0.2) is 29.2 Å². The second-order valence-electron chi connectivity index (χ2n) is 4.20. The Morgan fingerprint density at radius 3 is 2.22 bits per heavy atom. The molecule has 0 aliphatic rings. The van der Waals surface area contributed by atoms with Crippen LogP contribution in [0.2, 0.25) is 0 Å². The van der Waals surface area contributed by atoms with Gasteiger partial charge in [0, 0.05) is 18.8 Å². The molecule has 0 saturated heterocycles. The molecule has 4 nitrogen and oxygen atoms in total. The molecule has 0 bridgehead atoms. The smallest absolute Gasteiger partial charge is 0.240 e. The third-order valence-electron chi connectivity index (χ3n) is 2.57. The van der Waals surface area contributed by atoms with Gasteiger partial charge in [-0.3, -0.25) is 0 Å². The third kappa shape index (κ3) is 4.66. The van der Waals surface area contributed by atoms with Gasteiger partial charge in [0.1, 0.15) is 0 Å². The molecule has 102 valence electrons. The summed E-state index contributed by atoms with van der Waals surface area (Å²) in [6.07, 6.45) is 2.87. The first-order chi connectivity index (χ1) is 8.60. The predicted molar refractivity (Wildman–Crippen MR) is 75.3 cm³/mol. The molecule has 18 heavy (non-hydrogen) atoms. The van der Waals surface area contributed by atoms with Gasteiger partial charge in [-0.1, -0.05) is 20.3 Å². The van der Waals surface area contributed by atoms with Gasteiger partial charge in [0.25, 0.3) is 0 Å². The second kappa shape index (κ2) is 7.38. The Hall–Kier alpha value is -1.07. The van der Waals surface area contributed by atoms with E-state index in [4.69, 9.17) is 0 Å². The van der Waals surface area contributed by atoms with E-state index in [1.165, 1.54) is 0 Å². The monoisotopic (exact) mass is 270 g/mol. The molecule has 0 saturated carbocycles. The van der Waals surface area contributed by atoms with Crippen molar-refractivity contribution in [2.24, 2.45) is 0 Å². The van der Waals surface area contributed by atoms with Crippen LogP contribution in [0.1, 0.15) is 33.1 Å². The number of anilines is 1. The minimum atomic E-state index is -3.35.